The molecule has 0 saturated carbocycles. The van der Waals surface area contributed by atoms with Crippen LogP contribution >= 0.6 is 0 Å². The topological polar surface area (TPSA) is 49.4 Å². The molecule has 4 nitrogen and oxygen atoms in total. The minimum Gasteiger partial charge on any atom is -0.340 e. The zero-order valence-corrected chi connectivity index (χ0v) is 12.9. The van der Waals surface area contributed by atoms with Crippen molar-refractivity contribution in [2.24, 2.45) is 0 Å². The van der Waals surface area contributed by atoms with Crippen LogP contribution in [-0.4, -0.2) is 23.4 Å². The number of benzene rings is 1. The minimum atomic E-state index is -0.987. The molecule has 1 aliphatic heterocycles. The number of carbonyl (C=O) groups excluding carboxylic acids is 2. The summed E-state index contributed by atoms with van der Waals surface area (Å²) >= 11 is 0. The summed E-state index contributed by atoms with van der Waals surface area (Å²) in [5, 5.41) is 2.77. The molecule has 0 radical (unpaired) electrons. The van der Waals surface area contributed by atoms with Gasteiger partial charge in [-0.05, 0) is 44.4 Å². The first-order chi connectivity index (χ1) is 9.84. The summed E-state index contributed by atoms with van der Waals surface area (Å²) in [6.07, 6.45) is 0.892. The molecule has 1 aromatic carbocycles. The van der Waals surface area contributed by atoms with Crippen molar-refractivity contribution in [2.45, 2.75) is 52.1 Å². The van der Waals surface area contributed by atoms with Gasteiger partial charge >= 0.3 is 0 Å². The van der Waals surface area contributed by atoms with Gasteiger partial charge in [0, 0.05) is 0 Å². The number of hydrogen-bond donors (Lipinski definition) is 1. The highest BCUT2D eigenvalue weighted by atomic mass is 19.1. The van der Waals surface area contributed by atoms with Crippen LogP contribution < -0.4 is 10.2 Å². The predicted octanol–water partition coefficient (Wildman–Crippen LogP) is 2.54. The Balaban J connectivity index is 2.57. The highest BCUT2D eigenvalue weighted by Gasteiger charge is 2.47. The number of aryl methyl sites for hydroxylation is 1. The molecule has 1 aromatic rings. The lowest BCUT2D eigenvalue weighted by atomic mass is 9.90. The van der Waals surface area contributed by atoms with Gasteiger partial charge in [-0.3, -0.25) is 14.5 Å². The van der Waals surface area contributed by atoms with Crippen molar-refractivity contribution in [1.82, 2.24) is 5.32 Å². The Morgan fingerprint density at radius 2 is 2.00 bits per heavy atom. The SMILES string of the molecule is CCC1C(=O)NC(C)(CC)C(=O)N1c1cc(C)ccc1F. The van der Waals surface area contributed by atoms with Crippen LogP contribution in [0.2, 0.25) is 0 Å². The Morgan fingerprint density at radius 3 is 2.57 bits per heavy atom. The van der Waals surface area contributed by atoms with E-state index in [1.54, 1.807) is 19.1 Å². The van der Waals surface area contributed by atoms with E-state index in [4.69, 9.17) is 0 Å². The summed E-state index contributed by atoms with van der Waals surface area (Å²) in [4.78, 5) is 26.4. The number of piperazine rings is 1. The minimum absolute atomic E-state index is 0.182. The maximum atomic E-state index is 14.2. The molecule has 0 spiro atoms. The average molecular weight is 292 g/mol. The zero-order chi connectivity index (χ0) is 15.8. The molecular formula is C16H21FN2O2. The smallest absolute Gasteiger partial charge is 0.253 e. The van der Waals surface area contributed by atoms with Crippen LogP contribution in [-0.2, 0) is 9.59 Å². The van der Waals surface area contributed by atoms with Crippen molar-refractivity contribution >= 4 is 17.5 Å². The fraction of sp³-hybridized carbons (Fsp3) is 0.500. The average Bonchev–Trinajstić information content (AvgIpc) is 2.45. The molecule has 2 unspecified atom stereocenters. The molecular weight excluding hydrogens is 271 g/mol. The van der Waals surface area contributed by atoms with Gasteiger partial charge in [-0.2, -0.15) is 0 Å². The first-order valence-electron chi connectivity index (χ1n) is 7.26. The first kappa shape index (κ1) is 15.5. The predicted molar refractivity (Wildman–Crippen MR) is 79.5 cm³/mol. The molecule has 1 aliphatic rings. The van der Waals surface area contributed by atoms with Crippen LogP contribution in [0.5, 0.6) is 0 Å². The van der Waals surface area contributed by atoms with Gasteiger partial charge < -0.3 is 5.32 Å². The van der Waals surface area contributed by atoms with Crippen LogP contribution in [0.4, 0.5) is 10.1 Å². The largest absolute Gasteiger partial charge is 0.340 e. The van der Waals surface area contributed by atoms with Gasteiger partial charge in [0.1, 0.15) is 17.4 Å². The van der Waals surface area contributed by atoms with Gasteiger partial charge in [0.25, 0.3) is 5.91 Å². The molecule has 1 heterocycles. The van der Waals surface area contributed by atoms with E-state index in [-0.39, 0.29) is 17.5 Å². The Morgan fingerprint density at radius 1 is 1.33 bits per heavy atom. The number of anilines is 1. The number of rotatable bonds is 3. The number of amides is 2. The maximum absolute atomic E-state index is 14.2. The Hall–Kier alpha value is -1.91. The molecule has 0 aromatic heterocycles. The fourth-order valence-corrected chi connectivity index (χ4v) is 2.63. The summed E-state index contributed by atoms with van der Waals surface area (Å²) in [5.74, 6) is -0.983. The van der Waals surface area contributed by atoms with E-state index < -0.39 is 17.4 Å². The molecule has 2 rings (SSSR count). The van der Waals surface area contributed by atoms with E-state index in [0.717, 1.165) is 5.56 Å². The van der Waals surface area contributed by atoms with Crippen molar-refractivity contribution in [3.8, 4) is 0 Å². The molecule has 2 atom stereocenters. The lowest BCUT2D eigenvalue weighted by Crippen LogP contribution is -2.69. The van der Waals surface area contributed by atoms with Gasteiger partial charge in [-0.25, -0.2) is 4.39 Å². The van der Waals surface area contributed by atoms with E-state index in [2.05, 4.69) is 5.32 Å². The number of carbonyl (C=O) groups is 2. The molecule has 1 saturated heterocycles. The number of halogens is 1. The summed E-state index contributed by atoms with van der Waals surface area (Å²) < 4.78 is 14.2. The lowest BCUT2D eigenvalue weighted by molar-refractivity contribution is -0.138. The molecule has 21 heavy (non-hydrogen) atoms. The fourth-order valence-electron chi connectivity index (χ4n) is 2.63. The van der Waals surface area contributed by atoms with Crippen LogP contribution in [0.1, 0.15) is 39.2 Å². The molecule has 1 N–H and O–H groups in total. The van der Waals surface area contributed by atoms with Crippen molar-refractivity contribution in [1.29, 1.82) is 0 Å². The number of hydrogen-bond acceptors (Lipinski definition) is 2. The third-order valence-electron chi connectivity index (χ3n) is 4.16. The monoisotopic (exact) mass is 292 g/mol. The van der Waals surface area contributed by atoms with Crippen LogP contribution in [0, 0.1) is 12.7 Å². The van der Waals surface area contributed by atoms with E-state index in [0.29, 0.717) is 12.8 Å². The molecule has 5 heteroatoms. The molecule has 2 amide bonds. The van der Waals surface area contributed by atoms with Crippen molar-refractivity contribution in [3.63, 3.8) is 0 Å². The summed E-state index contributed by atoms with van der Waals surface area (Å²) in [6, 6.07) is 3.92. The van der Waals surface area contributed by atoms with Crippen LogP contribution in [0.25, 0.3) is 0 Å². The second-order valence-corrected chi connectivity index (χ2v) is 5.73. The van der Waals surface area contributed by atoms with Crippen molar-refractivity contribution < 1.29 is 14.0 Å². The molecule has 0 bridgehead atoms. The quantitative estimate of drug-likeness (QED) is 0.930. The van der Waals surface area contributed by atoms with E-state index >= 15 is 0 Å². The van der Waals surface area contributed by atoms with E-state index in [1.165, 1.54) is 11.0 Å². The first-order valence-corrected chi connectivity index (χ1v) is 7.26. The van der Waals surface area contributed by atoms with Crippen LogP contribution in [0.3, 0.4) is 0 Å². The van der Waals surface area contributed by atoms with Crippen LogP contribution in [0.15, 0.2) is 18.2 Å². The number of nitrogens with one attached hydrogen (secondary N) is 1. The Bertz CT molecular complexity index is 588. The summed E-state index contributed by atoms with van der Waals surface area (Å²) in [5.41, 5.74) is 0.0403. The third-order valence-corrected chi connectivity index (χ3v) is 4.16. The Kier molecular flexibility index (Phi) is 4.03. The second-order valence-electron chi connectivity index (χ2n) is 5.73. The third kappa shape index (κ3) is 2.52. The number of nitrogens with zero attached hydrogens (tertiary/aromatic N) is 1. The van der Waals surface area contributed by atoms with Gasteiger partial charge in [-0.15, -0.1) is 0 Å². The molecule has 114 valence electrons. The zero-order valence-electron chi connectivity index (χ0n) is 12.9. The highest BCUT2D eigenvalue weighted by molar-refractivity contribution is 6.10. The molecule has 1 fully saturated rings. The van der Waals surface area contributed by atoms with Gasteiger partial charge in [-0.1, -0.05) is 19.9 Å². The normalized spacial score (nSPS) is 26.0. The van der Waals surface area contributed by atoms with Gasteiger partial charge in [0.2, 0.25) is 5.91 Å². The van der Waals surface area contributed by atoms with E-state index in [1.807, 2.05) is 20.8 Å². The summed E-state index contributed by atoms with van der Waals surface area (Å²) in [7, 11) is 0. The summed E-state index contributed by atoms with van der Waals surface area (Å²) in [6.45, 7) is 7.15. The van der Waals surface area contributed by atoms with Gasteiger partial charge in [0.05, 0.1) is 5.69 Å². The molecule has 0 aliphatic carbocycles. The van der Waals surface area contributed by atoms with Gasteiger partial charge in [0.15, 0.2) is 0 Å². The van der Waals surface area contributed by atoms with E-state index in [9.17, 15) is 14.0 Å². The Labute approximate surface area is 124 Å². The lowest BCUT2D eigenvalue weighted by Gasteiger charge is -2.44. The second kappa shape index (κ2) is 5.47. The standard InChI is InChI=1S/C16H21FN2O2/c1-5-12-14(20)18-16(4,6-2)15(21)19(12)13-9-10(3)7-8-11(13)17/h7-9,12H,5-6H2,1-4H3,(H,18,20). The van der Waals surface area contributed by atoms with Crippen molar-refractivity contribution in [2.75, 3.05) is 4.90 Å². The highest BCUT2D eigenvalue weighted by Crippen LogP contribution is 2.31. The maximum Gasteiger partial charge on any atom is 0.253 e. The van der Waals surface area contributed by atoms with Crippen molar-refractivity contribution in [3.05, 3.63) is 29.6 Å².